The van der Waals surface area contributed by atoms with Crippen molar-refractivity contribution in [2.24, 2.45) is 17.6 Å². The number of ketones is 1. The highest BCUT2D eigenvalue weighted by molar-refractivity contribution is 5.86. The third kappa shape index (κ3) is 1.80. The molecule has 0 aromatic heterocycles. The summed E-state index contributed by atoms with van der Waals surface area (Å²) in [6, 6.07) is -0.222. The molecule has 1 unspecified atom stereocenters. The van der Waals surface area contributed by atoms with Crippen molar-refractivity contribution in [1.29, 1.82) is 0 Å². The van der Waals surface area contributed by atoms with Gasteiger partial charge in [-0.3, -0.25) is 4.79 Å². The number of Topliss-reactive ketones (excluding diaryl/α,β-unsaturated/α-hetero) is 1. The zero-order valence-corrected chi connectivity index (χ0v) is 7.34. The summed E-state index contributed by atoms with van der Waals surface area (Å²) in [5.74, 6) is 0.877. The molecule has 2 N–H and O–H groups in total. The number of nitrogens with two attached hydrogens (primary N) is 1. The lowest BCUT2D eigenvalue weighted by Gasteiger charge is -2.27. The summed E-state index contributed by atoms with van der Waals surface area (Å²) in [5, 5.41) is 0. The first-order valence-corrected chi connectivity index (χ1v) is 4.42. The van der Waals surface area contributed by atoms with Crippen LogP contribution in [-0.2, 0) is 4.79 Å². The quantitative estimate of drug-likeness (QED) is 0.668. The Morgan fingerprint density at radius 1 is 1.45 bits per heavy atom. The van der Waals surface area contributed by atoms with Crippen LogP contribution in [0.3, 0.4) is 0 Å². The number of hydrogen-bond donors (Lipinski definition) is 1. The number of rotatable bonds is 3. The first-order chi connectivity index (χ1) is 5.13. The average Bonchev–Trinajstić information content (AvgIpc) is 1.82. The number of carbonyl (C=O) groups is 1. The van der Waals surface area contributed by atoms with Crippen molar-refractivity contribution in [3.63, 3.8) is 0 Å². The Bertz CT molecular complexity index is 150. The maximum atomic E-state index is 11.4. The Balaban J connectivity index is 2.39. The van der Waals surface area contributed by atoms with E-state index in [0.29, 0.717) is 11.8 Å². The molecule has 1 atom stereocenters. The molecule has 2 nitrogen and oxygen atoms in total. The average molecular weight is 155 g/mol. The first kappa shape index (κ1) is 8.72. The SMILES string of the molecule is CC(C)C(N)C(=O)C1CCC1. The van der Waals surface area contributed by atoms with Gasteiger partial charge in [0.25, 0.3) is 0 Å². The van der Waals surface area contributed by atoms with Gasteiger partial charge >= 0.3 is 0 Å². The number of hydrogen-bond acceptors (Lipinski definition) is 2. The smallest absolute Gasteiger partial charge is 0.152 e. The highest BCUT2D eigenvalue weighted by Gasteiger charge is 2.30. The molecule has 1 saturated carbocycles. The Kier molecular flexibility index (Phi) is 2.66. The molecule has 1 aliphatic rings. The molecule has 2 heteroatoms. The van der Waals surface area contributed by atoms with Crippen molar-refractivity contribution < 1.29 is 4.79 Å². The van der Waals surface area contributed by atoms with Crippen LogP contribution in [0.5, 0.6) is 0 Å². The standard InChI is InChI=1S/C9H17NO/c1-6(2)8(10)9(11)7-4-3-5-7/h6-8H,3-5,10H2,1-2H3. The minimum absolute atomic E-state index is 0.222. The van der Waals surface area contributed by atoms with Crippen LogP contribution in [0.25, 0.3) is 0 Å². The molecule has 0 radical (unpaired) electrons. The summed E-state index contributed by atoms with van der Waals surface area (Å²) in [5.41, 5.74) is 5.72. The maximum absolute atomic E-state index is 11.4. The summed E-state index contributed by atoms with van der Waals surface area (Å²) < 4.78 is 0. The van der Waals surface area contributed by atoms with Crippen LogP contribution in [0.1, 0.15) is 33.1 Å². The topological polar surface area (TPSA) is 43.1 Å². The van der Waals surface area contributed by atoms with Crippen molar-refractivity contribution in [3.05, 3.63) is 0 Å². The Morgan fingerprint density at radius 2 is 2.00 bits per heavy atom. The highest BCUT2D eigenvalue weighted by Crippen LogP contribution is 2.28. The van der Waals surface area contributed by atoms with Crippen LogP contribution in [0, 0.1) is 11.8 Å². The van der Waals surface area contributed by atoms with Crippen LogP contribution in [-0.4, -0.2) is 11.8 Å². The maximum Gasteiger partial charge on any atom is 0.152 e. The van der Waals surface area contributed by atoms with E-state index in [4.69, 9.17) is 5.73 Å². The fourth-order valence-electron chi connectivity index (χ4n) is 1.29. The second kappa shape index (κ2) is 3.35. The highest BCUT2D eigenvalue weighted by atomic mass is 16.1. The van der Waals surface area contributed by atoms with Gasteiger partial charge in [0.2, 0.25) is 0 Å². The third-order valence-corrected chi connectivity index (χ3v) is 2.55. The second-order valence-corrected chi connectivity index (χ2v) is 3.80. The summed E-state index contributed by atoms with van der Waals surface area (Å²) >= 11 is 0. The monoisotopic (exact) mass is 155 g/mol. The van der Waals surface area contributed by atoms with Gasteiger partial charge in [-0.15, -0.1) is 0 Å². The van der Waals surface area contributed by atoms with E-state index in [1.165, 1.54) is 6.42 Å². The Morgan fingerprint density at radius 3 is 2.27 bits per heavy atom. The Labute approximate surface area is 68.2 Å². The summed E-state index contributed by atoms with van der Waals surface area (Å²) in [7, 11) is 0. The Hall–Kier alpha value is -0.370. The molecule has 64 valence electrons. The first-order valence-electron chi connectivity index (χ1n) is 4.42. The van der Waals surface area contributed by atoms with E-state index in [-0.39, 0.29) is 11.8 Å². The molecular weight excluding hydrogens is 138 g/mol. The van der Waals surface area contributed by atoms with E-state index in [0.717, 1.165) is 12.8 Å². The normalized spacial score (nSPS) is 21.5. The van der Waals surface area contributed by atoms with Crippen molar-refractivity contribution in [2.75, 3.05) is 0 Å². The van der Waals surface area contributed by atoms with E-state index in [1.807, 2.05) is 13.8 Å². The van der Waals surface area contributed by atoms with Crippen molar-refractivity contribution in [3.8, 4) is 0 Å². The molecule has 0 aromatic carbocycles. The molecule has 1 aliphatic carbocycles. The lowest BCUT2D eigenvalue weighted by Crippen LogP contribution is -2.41. The molecule has 0 saturated heterocycles. The van der Waals surface area contributed by atoms with Crippen molar-refractivity contribution in [1.82, 2.24) is 0 Å². The lowest BCUT2D eigenvalue weighted by molar-refractivity contribution is -0.127. The zero-order valence-electron chi connectivity index (χ0n) is 7.34. The van der Waals surface area contributed by atoms with E-state index in [2.05, 4.69) is 0 Å². The van der Waals surface area contributed by atoms with Gasteiger partial charge in [0.05, 0.1) is 6.04 Å². The molecule has 0 aromatic rings. The molecule has 11 heavy (non-hydrogen) atoms. The van der Waals surface area contributed by atoms with Crippen molar-refractivity contribution in [2.45, 2.75) is 39.2 Å². The zero-order chi connectivity index (χ0) is 8.43. The van der Waals surface area contributed by atoms with Crippen LogP contribution >= 0.6 is 0 Å². The lowest BCUT2D eigenvalue weighted by atomic mass is 9.78. The molecular formula is C9H17NO. The van der Waals surface area contributed by atoms with Gasteiger partial charge in [0, 0.05) is 5.92 Å². The molecule has 0 spiro atoms. The van der Waals surface area contributed by atoms with Crippen molar-refractivity contribution >= 4 is 5.78 Å². The van der Waals surface area contributed by atoms with E-state index in [9.17, 15) is 4.79 Å². The van der Waals surface area contributed by atoms with Gasteiger partial charge in [-0.05, 0) is 18.8 Å². The van der Waals surface area contributed by atoms with Gasteiger partial charge < -0.3 is 5.73 Å². The van der Waals surface area contributed by atoms with Gasteiger partial charge in [-0.25, -0.2) is 0 Å². The molecule has 0 heterocycles. The molecule has 1 fully saturated rings. The number of carbonyl (C=O) groups excluding carboxylic acids is 1. The molecule has 0 bridgehead atoms. The van der Waals surface area contributed by atoms with Crippen LogP contribution in [0.4, 0.5) is 0 Å². The summed E-state index contributed by atoms with van der Waals surface area (Å²) in [4.78, 5) is 11.4. The van der Waals surface area contributed by atoms with Crippen LogP contribution in [0.2, 0.25) is 0 Å². The molecule has 1 rings (SSSR count). The predicted molar refractivity (Wildman–Crippen MR) is 45.2 cm³/mol. The van der Waals surface area contributed by atoms with Crippen LogP contribution < -0.4 is 5.73 Å². The fourth-order valence-corrected chi connectivity index (χ4v) is 1.29. The van der Waals surface area contributed by atoms with E-state index in [1.54, 1.807) is 0 Å². The largest absolute Gasteiger partial charge is 0.321 e. The minimum atomic E-state index is -0.222. The van der Waals surface area contributed by atoms with Crippen LogP contribution in [0.15, 0.2) is 0 Å². The van der Waals surface area contributed by atoms with Gasteiger partial charge in [0.1, 0.15) is 0 Å². The van der Waals surface area contributed by atoms with Gasteiger partial charge in [-0.2, -0.15) is 0 Å². The fraction of sp³-hybridized carbons (Fsp3) is 0.889. The molecule has 0 aliphatic heterocycles. The van der Waals surface area contributed by atoms with Gasteiger partial charge in [-0.1, -0.05) is 20.3 Å². The third-order valence-electron chi connectivity index (χ3n) is 2.55. The predicted octanol–water partition coefficient (Wildman–Crippen LogP) is 1.34. The molecule has 0 amide bonds. The van der Waals surface area contributed by atoms with E-state index >= 15 is 0 Å². The summed E-state index contributed by atoms with van der Waals surface area (Å²) in [6.45, 7) is 4.00. The minimum Gasteiger partial charge on any atom is -0.321 e. The van der Waals surface area contributed by atoms with E-state index < -0.39 is 0 Å². The van der Waals surface area contributed by atoms with Gasteiger partial charge in [0.15, 0.2) is 5.78 Å². The summed E-state index contributed by atoms with van der Waals surface area (Å²) in [6.07, 6.45) is 3.35. The second-order valence-electron chi connectivity index (χ2n) is 3.80.